The summed E-state index contributed by atoms with van der Waals surface area (Å²) in [6.45, 7) is 3.92. The molecule has 1 aromatic rings. The molecule has 1 unspecified atom stereocenters. The van der Waals surface area contributed by atoms with Crippen LogP contribution in [0.2, 0.25) is 0 Å². The Morgan fingerprint density at radius 2 is 2.54 bits per heavy atom. The molecule has 0 aromatic carbocycles. The molecule has 13 heavy (non-hydrogen) atoms. The largest absolute Gasteiger partial charge is 0.376 e. The van der Waals surface area contributed by atoms with Gasteiger partial charge < -0.3 is 4.74 Å². The van der Waals surface area contributed by atoms with Crippen LogP contribution >= 0.6 is 0 Å². The van der Waals surface area contributed by atoms with Crippen molar-refractivity contribution < 1.29 is 4.74 Å². The Balaban J connectivity index is 1.93. The second-order valence-corrected chi connectivity index (χ2v) is 3.64. The van der Waals surface area contributed by atoms with Gasteiger partial charge in [0.25, 0.3) is 0 Å². The molecular formula is C10H16N2O. The van der Waals surface area contributed by atoms with E-state index in [2.05, 4.69) is 12.0 Å². The van der Waals surface area contributed by atoms with Crippen LogP contribution < -0.4 is 0 Å². The van der Waals surface area contributed by atoms with E-state index >= 15 is 0 Å². The van der Waals surface area contributed by atoms with E-state index < -0.39 is 0 Å². The molecule has 0 radical (unpaired) electrons. The third kappa shape index (κ3) is 2.10. The maximum absolute atomic E-state index is 5.65. The number of hydrogen-bond donors (Lipinski definition) is 0. The molecule has 1 aromatic heterocycles. The summed E-state index contributed by atoms with van der Waals surface area (Å²) >= 11 is 0. The van der Waals surface area contributed by atoms with Crippen LogP contribution in [0.1, 0.15) is 25.0 Å². The third-order valence-corrected chi connectivity index (χ3v) is 2.58. The van der Waals surface area contributed by atoms with Crippen LogP contribution in [0.15, 0.2) is 12.3 Å². The topological polar surface area (TPSA) is 27.1 Å². The highest BCUT2D eigenvalue weighted by molar-refractivity contribution is 4.96. The van der Waals surface area contributed by atoms with Crippen molar-refractivity contribution in [1.82, 2.24) is 9.78 Å². The Labute approximate surface area is 78.7 Å². The van der Waals surface area contributed by atoms with Crippen LogP contribution in [0.4, 0.5) is 0 Å². The minimum Gasteiger partial charge on any atom is -0.376 e. The second-order valence-electron chi connectivity index (χ2n) is 3.64. The predicted octanol–water partition coefficient (Wildman–Crippen LogP) is 1.76. The maximum Gasteiger partial charge on any atom is 0.0771 e. The number of aromatic nitrogens is 2. The van der Waals surface area contributed by atoms with E-state index in [4.69, 9.17) is 4.74 Å². The molecule has 0 N–H and O–H groups in total. The fraction of sp³-hybridized carbons (Fsp3) is 0.700. The van der Waals surface area contributed by atoms with Crippen LogP contribution in [0.3, 0.4) is 0 Å². The van der Waals surface area contributed by atoms with Gasteiger partial charge in [0.15, 0.2) is 0 Å². The molecule has 0 spiro atoms. The monoisotopic (exact) mass is 180 g/mol. The quantitative estimate of drug-likeness (QED) is 0.693. The standard InChI is InChI=1S/C10H16N2O/c1-9-5-6-11-12(9)8-10-4-2-3-7-13-10/h5-6,10H,2-4,7-8H2,1H3. The highest BCUT2D eigenvalue weighted by atomic mass is 16.5. The molecule has 3 nitrogen and oxygen atoms in total. The first-order chi connectivity index (χ1) is 6.36. The van der Waals surface area contributed by atoms with Gasteiger partial charge in [-0.3, -0.25) is 4.68 Å². The first-order valence-electron chi connectivity index (χ1n) is 4.96. The van der Waals surface area contributed by atoms with Gasteiger partial charge in [0, 0.05) is 18.5 Å². The zero-order valence-electron chi connectivity index (χ0n) is 8.07. The molecule has 72 valence electrons. The average molecular weight is 180 g/mol. The highest BCUT2D eigenvalue weighted by Gasteiger charge is 2.14. The second kappa shape index (κ2) is 3.92. The van der Waals surface area contributed by atoms with Crippen molar-refractivity contribution in [3.8, 4) is 0 Å². The van der Waals surface area contributed by atoms with Crippen molar-refractivity contribution in [3.05, 3.63) is 18.0 Å². The third-order valence-electron chi connectivity index (χ3n) is 2.58. The van der Waals surface area contributed by atoms with E-state index in [0.717, 1.165) is 13.2 Å². The van der Waals surface area contributed by atoms with E-state index in [9.17, 15) is 0 Å². The lowest BCUT2D eigenvalue weighted by Gasteiger charge is -2.22. The van der Waals surface area contributed by atoms with Gasteiger partial charge in [-0.2, -0.15) is 5.10 Å². The van der Waals surface area contributed by atoms with E-state index in [1.807, 2.05) is 16.9 Å². The van der Waals surface area contributed by atoms with Crippen LogP contribution in [-0.2, 0) is 11.3 Å². The molecule has 1 fully saturated rings. The van der Waals surface area contributed by atoms with Crippen LogP contribution in [-0.4, -0.2) is 22.5 Å². The van der Waals surface area contributed by atoms with E-state index in [1.165, 1.54) is 25.0 Å². The normalized spacial score (nSPS) is 23.3. The predicted molar refractivity (Wildman–Crippen MR) is 50.6 cm³/mol. The fourth-order valence-corrected chi connectivity index (χ4v) is 1.73. The van der Waals surface area contributed by atoms with Gasteiger partial charge in [0.2, 0.25) is 0 Å². The molecule has 0 bridgehead atoms. The smallest absolute Gasteiger partial charge is 0.0771 e. The van der Waals surface area contributed by atoms with Gasteiger partial charge in [-0.1, -0.05) is 0 Å². The molecule has 2 rings (SSSR count). The SMILES string of the molecule is Cc1ccnn1CC1CCCCO1. The van der Waals surface area contributed by atoms with Crippen molar-refractivity contribution in [2.24, 2.45) is 0 Å². The van der Waals surface area contributed by atoms with Crippen molar-refractivity contribution in [3.63, 3.8) is 0 Å². The number of aryl methyl sites for hydroxylation is 1. The first-order valence-corrected chi connectivity index (χ1v) is 4.96. The number of ether oxygens (including phenoxy) is 1. The lowest BCUT2D eigenvalue weighted by molar-refractivity contribution is 0.00365. The van der Waals surface area contributed by atoms with Crippen LogP contribution in [0, 0.1) is 6.92 Å². The van der Waals surface area contributed by atoms with E-state index in [0.29, 0.717) is 6.10 Å². The van der Waals surface area contributed by atoms with Crippen molar-refractivity contribution in [2.45, 2.75) is 38.8 Å². The Bertz CT molecular complexity index is 264. The summed E-state index contributed by atoms with van der Waals surface area (Å²) in [6, 6.07) is 2.03. The summed E-state index contributed by atoms with van der Waals surface area (Å²) in [4.78, 5) is 0. The zero-order valence-corrected chi connectivity index (χ0v) is 8.07. The summed E-state index contributed by atoms with van der Waals surface area (Å²) in [5.41, 5.74) is 1.22. The summed E-state index contributed by atoms with van der Waals surface area (Å²) in [6.07, 6.45) is 5.92. The molecule has 3 heteroatoms. The summed E-state index contributed by atoms with van der Waals surface area (Å²) < 4.78 is 7.67. The molecule has 0 amide bonds. The molecule has 1 saturated heterocycles. The molecule has 0 saturated carbocycles. The molecule has 2 heterocycles. The maximum atomic E-state index is 5.65. The molecule has 1 aliphatic heterocycles. The minimum absolute atomic E-state index is 0.382. The minimum atomic E-state index is 0.382. The van der Waals surface area contributed by atoms with E-state index in [1.54, 1.807) is 0 Å². The number of rotatable bonds is 2. The van der Waals surface area contributed by atoms with Gasteiger partial charge in [-0.05, 0) is 32.3 Å². The fourth-order valence-electron chi connectivity index (χ4n) is 1.73. The Morgan fingerprint density at radius 3 is 3.15 bits per heavy atom. The van der Waals surface area contributed by atoms with E-state index in [-0.39, 0.29) is 0 Å². The first kappa shape index (κ1) is 8.75. The summed E-state index contributed by atoms with van der Waals surface area (Å²) in [5.74, 6) is 0. The van der Waals surface area contributed by atoms with Gasteiger partial charge >= 0.3 is 0 Å². The van der Waals surface area contributed by atoms with Gasteiger partial charge in [0.1, 0.15) is 0 Å². The summed E-state index contributed by atoms with van der Waals surface area (Å²) in [7, 11) is 0. The van der Waals surface area contributed by atoms with Gasteiger partial charge in [-0.15, -0.1) is 0 Å². The van der Waals surface area contributed by atoms with Crippen molar-refractivity contribution in [2.75, 3.05) is 6.61 Å². The summed E-state index contributed by atoms with van der Waals surface area (Å²) in [5, 5.41) is 4.25. The number of nitrogens with zero attached hydrogens (tertiary/aromatic N) is 2. The van der Waals surface area contributed by atoms with Crippen LogP contribution in [0.5, 0.6) is 0 Å². The van der Waals surface area contributed by atoms with Crippen molar-refractivity contribution >= 4 is 0 Å². The van der Waals surface area contributed by atoms with Crippen molar-refractivity contribution in [1.29, 1.82) is 0 Å². The van der Waals surface area contributed by atoms with Crippen LogP contribution in [0.25, 0.3) is 0 Å². The van der Waals surface area contributed by atoms with Gasteiger partial charge in [0.05, 0.1) is 12.6 Å². The Hall–Kier alpha value is -0.830. The zero-order chi connectivity index (χ0) is 9.10. The lowest BCUT2D eigenvalue weighted by atomic mass is 10.1. The lowest BCUT2D eigenvalue weighted by Crippen LogP contribution is -2.25. The highest BCUT2D eigenvalue weighted by Crippen LogP contribution is 2.14. The number of hydrogen-bond acceptors (Lipinski definition) is 2. The average Bonchev–Trinajstić information content (AvgIpc) is 2.54. The molecule has 0 aliphatic carbocycles. The van der Waals surface area contributed by atoms with Gasteiger partial charge in [-0.25, -0.2) is 0 Å². The molecule has 1 aliphatic rings. The Kier molecular flexibility index (Phi) is 2.64. The molecule has 1 atom stereocenters. The Morgan fingerprint density at radius 1 is 1.62 bits per heavy atom. The molecular weight excluding hydrogens is 164 g/mol.